The van der Waals surface area contributed by atoms with Gasteiger partial charge in [0.05, 0.1) is 19.4 Å². The summed E-state index contributed by atoms with van der Waals surface area (Å²) in [5.74, 6) is 1.23. The standard InChI is InChI=1S/C12H18N4O2.HI/c1-3-6-14-11(17)9-16-12(13-2)15-8-10-5-4-7-18-10;/h3-5,7H,1,6,8-9H2,2H3,(H,14,17)(H2,13,15,16);1H. The van der Waals surface area contributed by atoms with Crippen LogP contribution < -0.4 is 16.0 Å². The molecule has 19 heavy (non-hydrogen) atoms. The average Bonchev–Trinajstić information content (AvgIpc) is 2.89. The molecule has 7 heteroatoms. The first-order chi connectivity index (χ1) is 8.76. The molecule has 0 bridgehead atoms. The van der Waals surface area contributed by atoms with Crippen LogP contribution in [0.1, 0.15) is 5.76 Å². The monoisotopic (exact) mass is 378 g/mol. The van der Waals surface area contributed by atoms with E-state index < -0.39 is 0 Å². The molecule has 0 spiro atoms. The molecule has 0 saturated carbocycles. The Morgan fingerprint density at radius 3 is 2.84 bits per heavy atom. The summed E-state index contributed by atoms with van der Waals surface area (Å²) in [6.45, 7) is 4.65. The van der Waals surface area contributed by atoms with Crippen molar-refractivity contribution in [3.8, 4) is 0 Å². The first-order valence-electron chi connectivity index (χ1n) is 5.60. The van der Waals surface area contributed by atoms with E-state index in [2.05, 4.69) is 27.5 Å². The van der Waals surface area contributed by atoms with Gasteiger partial charge in [-0.05, 0) is 12.1 Å². The Hall–Kier alpha value is -1.51. The largest absolute Gasteiger partial charge is 0.467 e. The maximum Gasteiger partial charge on any atom is 0.239 e. The number of nitrogens with one attached hydrogen (secondary N) is 3. The molecule has 0 aliphatic rings. The third-order valence-corrected chi connectivity index (χ3v) is 2.09. The van der Waals surface area contributed by atoms with Crippen molar-refractivity contribution in [2.45, 2.75) is 6.54 Å². The first kappa shape index (κ1) is 17.5. The molecule has 3 N–H and O–H groups in total. The van der Waals surface area contributed by atoms with Gasteiger partial charge in [-0.1, -0.05) is 6.08 Å². The number of guanidine groups is 1. The van der Waals surface area contributed by atoms with Gasteiger partial charge in [0.15, 0.2) is 5.96 Å². The molecule has 1 rings (SSSR count). The molecule has 0 unspecified atom stereocenters. The van der Waals surface area contributed by atoms with Gasteiger partial charge in [-0.3, -0.25) is 9.79 Å². The minimum atomic E-state index is -0.115. The third kappa shape index (κ3) is 7.50. The van der Waals surface area contributed by atoms with Crippen LogP contribution in [-0.4, -0.2) is 32.0 Å². The quantitative estimate of drug-likeness (QED) is 0.297. The van der Waals surface area contributed by atoms with E-state index in [1.165, 1.54) is 0 Å². The molecular weight excluding hydrogens is 359 g/mol. The van der Waals surface area contributed by atoms with Crippen LogP contribution in [0, 0.1) is 0 Å². The molecule has 0 fully saturated rings. The SMILES string of the molecule is C=CCNC(=O)CNC(=NC)NCc1ccco1.I. The Morgan fingerprint density at radius 1 is 1.47 bits per heavy atom. The van der Waals surface area contributed by atoms with Crippen LogP contribution in [0.2, 0.25) is 0 Å². The fourth-order valence-corrected chi connectivity index (χ4v) is 1.22. The number of hydrogen-bond acceptors (Lipinski definition) is 3. The van der Waals surface area contributed by atoms with Gasteiger partial charge in [0.1, 0.15) is 5.76 Å². The Kier molecular flexibility index (Phi) is 9.59. The van der Waals surface area contributed by atoms with Crippen LogP contribution in [0.25, 0.3) is 0 Å². The van der Waals surface area contributed by atoms with Crippen LogP contribution in [0.15, 0.2) is 40.5 Å². The highest BCUT2D eigenvalue weighted by Gasteiger charge is 2.03. The van der Waals surface area contributed by atoms with Crippen molar-refractivity contribution in [1.29, 1.82) is 0 Å². The molecule has 0 radical (unpaired) electrons. The molecule has 0 aliphatic carbocycles. The third-order valence-electron chi connectivity index (χ3n) is 2.09. The maximum atomic E-state index is 11.3. The molecule has 1 aromatic heterocycles. The van der Waals surface area contributed by atoms with Crippen molar-refractivity contribution in [2.24, 2.45) is 4.99 Å². The fourth-order valence-electron chi connectivity index (χ4n) is 1.22. The van der Waals surface area contributed by atoms with Crippen molar-refractivity contribution < 1.29 is 9.21 Å². The summed E-state index contributed by atoms with van der Waals surface area (Å²) in [4.78, 5) is 15.3. The first-order valence-corrected chi connectivity index (χ1v) is 5.60. The molecule has 0 aromatic carbocycles. The van der Waals surface area contributed by atoms with Crippen LogP contribution in [0.5, 0.6) is 0 Å². The summed E-state index contributed by atoms with van der Waals surface area (Å²) in [6, 6.07) is 3.67. The normalized spacial score (nSPS) is 10.3. The van der Waals surface area contributed by atoms with E-state index in [0.717, 1.165) is 5.76 Å². The van der Waals surface area contributed by atoms with Gasteiger partial charge >= 0.3 is 0 Å². The number of aliphatic imine (C=N–C) groups is 1. The van der Waals surface area contributed by atoms with Gasteiger partial charge in [-0.25, -0.2) is 0 Å². The lowest BCUT2D eigenvalue weighted by Gasteiger charge is -2.10. The lowest BCUT2D eigenvalue weighted by atomic mass is 10.4. The lowest BCUT2D eigenvalue weighted by molar-refractivity contribution is -0.119. The molecule has 0 aliphatic heterocycles. The van der Waals surface area contributed by atoms with Crippen molar-refractivity contribution in [3.05, 3.63) is 36.8 Å². The van der Waals surface area contributed by atoms with Gasteiger partial charge < -0.3 is 20.4 Å². The van der Waals surface area contributed by atoms with Crippen LogP contribution >= 0.6 is 24.0 Å². The second-order valence-corrected chi connectivity index (χ2v) is 3.45. The van der Waals surface area contributed by atoms with Crippen LogP contribution in [0.3, 0.4) is 0 Å². The van der Waals surface area contributed by atoms with Gasteiger partial charge in [0.25, 0.3) is 0 Å². The summed E-state index contributed by atoms with van der Waals surface area (Å²) in [5.41, 5.74) is 0. The lowest BCUT2D eigenvalue weighted by Crippen LogP contribution is -2.42. The Bertz CT molecular complexity index is 404. The van der Waals surface area contributed by atoms with Crippen molar-refractivity contribution >= 4 is 35.8 Å². The summed E-state index contributed by atoms with van der Waals surface area (Å²) in [6.07, 6.45) is 3.23. The van der Waals surface area contributed by atoms with E-state index in [9.17, 15) is 4.79 Å². The molecule has 0 saturated heterocycles. The van der Waals surface area contributed by atoms with Gasteiger partial charge in [-0.2, -0.15) is 0 Å². The Balaban J connectivity index is 0.00000324. The van der Waals surface area contributed by atoms with Crippen molar-refractivity contribution in [2.75, 3.05) is 20.1 Å². The predicted octanol–water partition coefficient (Wildman–Crippen LogP) is 0.865. The minimum absolute atomic E-state index is 0. The Labute approximate surface area is 129 Å². The zero-order valence-electron chi connectivity index (χ0n) is 10.8. The highest BCUT2D eigenvalue weighted by atomic mass is 127. The molecule has 1 aromatic rings. The van der Waals surface area contributed by atoms with E-state index in [1.54, 1.807) is 19.4 Å². The minimum Gasteiger partial charge on any atom is -0.467 e. The number of carbonyl (C=O) groups excluding carboxylic acids is 1. The summed E-state index contributed by atoms with van der Waals surface area (Å²) in [7, 11) is 1.64. The molecule has 106 valence electrons. The number of carbonyl (C=O) groups is 1. The Morgan fingerprint density at radius 2 is 2.26 bits per heavy atom. The van der Waals surface area contributed by atoms with E-state index in [-0.39, 0.29) is 36.4 Å². The van der Waals surface area contributed by atoms with Crippen molar-refractivity contribution in [1.82, 2.24) is 16.0 Å². The topological polar surface area (TPSA) is 78.7 Å². The molecule has 1 heterocycles. The summed E-state index contributed by atoms with van der Waals surface area (Å²) in [5, 5.41) is 8.58. The van der Waals surface area contributed by atoms with E-state index in [0.29, 0.717) is 19.0 Å². The van der Waals surface area contributed by atoms with E-state index in [4.69, 9.17) is 4.42 Å². The molecule has 6 nitrogen and oxygen atoms in total. The zero-order valence-corrected chi connectivity index (χ0v) is 13.1. The molecule has 0 atom stereocenters. The molecular formula is C12H19IN4O2. The van der Waals surface area contributed by atoms with Crippen molar-refractivity contribution in [3.63, 3.8) is 0 Å². The van der Waals surface area contributed by atoms with E-state index in [1.807, 2.05) is 12.1 Å². The van der Waals surface area contributed by atoms with Crippen LogP contribution in [0.4, 0.5) is 0 Å². The second kappa shape index (κ2) is 10.4. The van der Waals surface area contributed by atoms with Crippen LogP contribution in [-0.2, 0) is 11.3 Å². The molecule has 1 amide bonds. The fraction of sp³-hybridized carbons (Fsp3) is 0.333. The smallest absolute Gasteiger partial charge is 0.239 e. The number of furan rings is 1. The second-order valence-electron chi connectivity index (χ2n) is 3.45. The predicted molar refractivity (Wildman–Crippen MR) is 85.5 cm³/mol. The number of amides is 1. The van der Waals surface area contributed by atoms with Gasteiger partial charge in [0, 0.05) is 13.6 Å². The number of hydrogen-bond donors (Lipinski definition) is 3. The number of halogens is 1. The summed E-state index contributed by atoms with van der Waals surface area (Å²) >= 11 is 0. The van der Waals surface area contributed by atoms with Gasteiger partial charge in [-0.15, -0.1) is 30.6 Å². The zero-order chi connectivity index (χ0) is 13.2. The number of rotatable bonds is 6. The maximum absolute atomic E-state index is 11.3. The average molecular weight is 378 g/mol. The highest BCUT2D eigenvalue weighted by molar-refractivity contribution is 14.0. The van der Waals surface area contributed by atoms with Gasteiger partial charge in [0.2, 0.25) is 5.91 Å². The highest BCUT2D eigenvalue weighted by Crippen LogP contribution is 1.97. The summed E-state index contributed by atoms with van der Waals surface area (Å²) < 4.78 is 5.17. The van der Waals surface area contributed by atoms with E-state index >= 15 is 0 Å². The number of nitrogens with zero attached hydrogens (tertiary/aromatic N) is 1.